The molecule has 5 heteroatoms. The molecule has 0 aliphatic carbocycles. The van der Waals surface area contributed by atoms with Gasteiger partial charge < -0.3 is 16.4 Å². The molecule has 0 radical (unpaired) electrons. The minimum Gasteiger partial charge on any atom is -0.354 e. The van der Waals surface area contributed by atoms with Gasteiger partial charge in [-0.15, -0.1) is 0 Å². The third kappa shape index (κ3) is 6.06. The molecular weight excluding hydrogens is 194 g/mol. The van der Waals surface area contributed by atoms with Gasteiger partial charge in [-0.2, -0.15) is 0 Å². The average molecular weight is 215 g/mol. The van der Waals surface area contributed by atoms with Gasteiger partial charge in [-0.25, -0.2) is 0 Å². The first-order chi connectivity index (χ1) is 6.75. The van der Waals surface area contributed by atoms with Gasteiger partial charge >= 0.3 is 0 Å². The molecule has 0 aromatic rings. The fraction of sp³-hybridized carbons (Fsp3) is 0.800. The Morgan fingerprint density at radius 3 is 2.07 bits per heavy atom. The number of nitrogens with two attached hydrogens (primary N) is 1. The number of nitrogens with one attached hydrogen (secondary N) is 2. The molecule has 0 aliphatic heterocycles. The van der Waals surface area contributed by atoms with Crippen molar-refractivity contribution in [2.24, 2.45) is 11.7 Å². The summed E-state index contributed by atoms with van der Waals surface area (Å²) in [7, 11) is 0. The summed E-state index contributed by atoms with van der Waals surface area (Å²) in [6.07, 6.45) is 0. The van der Waals surface area contributed by atoms with Crippen molar-refractivity contribution in [3.05, 3.63) is 0 Å². The van der Waals surface area contributed by atoms with E-state index in [9.17, 15) is 9.59 Å². The number of carbonyl (C=O) groups is 2. The maximum atomic E-state index is 11.3. The second-order valence-corrected chi connectivity index (χ2v) is 4.42. The van der Waals surface area contributed by atoms with Gasteiger partial charge in [0, 0.05) is 19.0 Å². The smallest absolute Gasteiger partial charge is 0.239 e. The molecule has 0 aliphatic rings. The highest BCUT2D eigenvalue weighted by atomic mass is 16.2. The summed E-state index contributed by atoms with van der Waals surface area (Å²) in [5, 5.41) is 5.33. The van der Waals surface area contributed by atoms with Crippen molar-refractivity contribution in [2.45, 2.75) is 33.2 Å². The van der Waals surface area contributed by atoms with E-state index >= 15 is 0 Å². The van der Waals surface area contributed by atoms with Crippen LogP contribution in [0.1, 0.15) is 27.7 Å². The minimum atomic E-state index is -0.873. The highest BCUT2D eigenvalue weighted by Crippen LogP contribution is 1.94. The van der Waals surface area contributed by atoms with Crippen molar-refractivity contribution in [3.63, 3.8) is 0 Å². The standard InChI is InChI=1S/C10H21N3O2/c1-7(2)8(14)12-5-6-13-9(15)10(3,4)11/h7H,5-6,11H2,1-4H3,(H,12,14)(H,13,15). The van der Waals surface area contributed by atoms with E-state index in [-0.39, 0.29) is 17.7 Å². The van der Waals surface area contributed by atoms with Gasteiger partial charge in [0.1, 0.15) is 0 Å². The SMILES string of the molecule is CC(C)C(=O)NCCNC(=O)C(C)(C)N. The molecule has 0 fully saturated rings. The lowest BCUT2D eigenvalue weighted by Gasteiger charge is -2.17. The van der Waals surface area contributed by atoms with Crippen molar-refractivity contribution in [1.29, 1.82) is 0 Å². The largest absolute Gasteiger partial charge is 0.354 e. The van der Waals surface area contributed by atoms with Gasteiger partial charge in [-0.1, -0.05) is 13.8 Å². The maximum Gasteiger partial charge on any atom is 0.239 e. The first-order valence-electron chi connectivity index (χ1n) is 5.10. The zero-order chi connectivity index (χ0) is 12.1. The molecular formula is C10H21N3O2. The van der Waals surface area contributed by atoms with Gasteiger partial charge in [0.15, 0.2) is 0 Å². The van der Waals surface area contributed by atoms with E-state index in [4.69, 9.17) is 5.73 Å². The molecule has 0 bridgehead atoms. The quantitative estimate of drug-likeness (QED) is 0.546. The average Bonchev–Trinajstić information content (AvgIpc) is 2.09. The summed E-state index contributed by atoms with van der Waals surface area (Å²) in [5.74, 6) is -0.274. The fourth-order valence-electron chi connectivity index (χ4n) is 0.794. The van der Waals surface area contributed by atoms with Crippen LogP contribution in [-0.2, 0) is 9.59 Å². The van der Waals surface area contributed by atoms with Crippen LogP contribution in [-0.4, -0.2) is 30.4 Å². The van der Waals surface area contributed by atoms with Crippen molar-refractivity contribution in [3.8, 4) is 0 Å². The topological polar surface area (TPSA) is 84.2 Å². The summed E-state index contributed by atoms with van der Waals surface area (Å²) in [4.78, 5) is 22.4. The first-order valence-corrected chi connectivity index (χ1v) is 5.10. The summed E-state index contributed by atoms with van der Waals surface area (Å²) in [5.41, 5.74) is 4.70. The third-order valence-electron chi connectivity index (χ3n) is 1.82. The monoisotopic (exact) mass is 215 g/mol. The molecule has 0 saturated carbocycles. The van der Waals surface area contributed by atoms with Crippen LogP contribution in [0, 0.1) is 5.92 Å². The van der Waals surface area contributed by atoms with Crippen LogP contribution in [0.3, 0.4) is 0 Å². The van der Waals surface area contributed by atoms with E-state index in [0.717, 1.165) is 0 Å². The predicted molar refractivity (Wildman–Crippen MR) is 59.1 cm³/mol. The van der Waals surface area contributed by atoms with Crippen LogP contribution >= 0.6 is 0 Å². The van der Waals surface area contributed by atoms with E-state index in [1.807, 2.05) is 13.8 Å². The number of hydrogen-bond acceptors (Lipinski definition) is 3. The Hall–Kier alpha value is -1.10. The normalized spacial score (nSPS) is 11.3. The third-order valence-corrected chi connectivity index (χ3v) is 1.82. The molecule has 4 N–H and O–H groups in total. The maximum absolute atomic E-state index is 11.3. The predicted octanol–water partition coefficient (Wildman–Crippen LogP) is -0.388. The number of amides is 2. The van der Waals surface area contributed by atoms with E-state index < -0.39 is 5.54 Å². The molecule has 0 aromatic carbocycles. The fourth-order valence-corrected chi connectivity index (χ4v) is 0.794. The van der Waals surface area contributed by atoms with Gasteiger partial charge in [-0.3, -0.25) is 9.59 Å². The Morgan fingerprint density at radius 2 is 1.67 bits per heavy atom. The van der Waals surface area contributed by atoms with E-state index in [2.05, 4.69) is 10.6 Å². The Morgan fingerprint density at radius 1 is 1.20 bits per heavy atom. The van der Waals surface area contributed by atoms with E-state index in [0.29, 0.717) is 13.1 Å². The van der Waals surface area contributed by atoms with Crippen LogP contribution in [0.4, 0.5) is 0 Å². The van der Waals surface area contributed by atoms with Crippen molar-refractivity contribution in [1.82, 2.24) is 10.6 Å². The highest BCUT2D eigenvalue weighted by Gasteiger charge is 2.20. The summed E-state index contributed by atoms with van der Waals surface area (Å²) in [6.45, 7) is 7.73. The number of carbonyl (C=O) groups excluding carboxylic acids is 2. The van der Waals surface area contributed by atoms with Gasteiger partial charge in [-0.05, 0) is 13.8 Å². The van der Waals surface area contributed by atoms with Crippen molar-refractivity contribution in [2.75, 3.05) is 13.1 Å². The van der Waals surface area contributed by atoms with Gasteiger partial charge in [0.05, 0.1) is 5.54 Å². The van der Waals surface area contributed by atoms with Crippen LogP contribution in [0.15, 0.2) is 0 Å². The lowest BCUT2D eigenvalue weighted by atomic mass is 10.1. The Kier molecular flexibility index (Phi) is 5.28. The second-order valence-electron chi connectivity index (χ2n) is 4.42. The van der Waals surface area contributed by atoms with E-state index in [1.165, 1.54) is 0 Å². The molecule has 0 saturated heterocycles. The molecule has 0 heterocycles. The van der Waals surface area contributed by atoms with Crippen molar-refractivity contribution >= 4 is 11.8 Å². The molecule has 2 amide bonds. The molecule has 0 atom stereocenters. The first kappa shape index (κ1) is 13.9. The highest BCUT2D eigenvalue weighted by molar-refractivity contribution is 5.85. The molecule has 0 spiro atoms. The number of hydrogen-bond donors (Lipinski definition) is 3. The van der Waals surface area contributed by atoms with Crippen LogP contribution in [0.25, 0.3) is 0 Å². The molecule has 0 unspecified atom stereocenters. The lowest BCUT2D eigenvalue weighted by Crippen LogP contribution is -2.50. The van der Waals surface area contributed by atoms with Crippen LogP contribution in [0.5, 0.6) is 0 Å². The molecule has 15 heavy (non-hydrogen) atoms. The Labute approximate surface area is 90.8 Å². The zero-order valence-electron chi connectivity index (χ0n) is 9.89. The summed E-state index contributed by atoms with van der Waals surface area (Å²) >= 11 is 0. The Bertz CT molecular complexity index is 231. The lowest BCUT2D eigenvalue weighted by molar-refractivity contribution is -0.126. The number of rotatable bonds is 5. The van der Waals surface area contributed by atoms with E-state index in [1.54, 1.807) is 13.8 Å². The second kappa shape index (κ2) is 5.70. The summed E-state index contributed by atoms with van der Waals surface area (Å²) in [6, 6.07) is 0. The van der Waals surface area contributed by atoms with Gasteiger partial charge in [0.2, 0.25) is 11.8 Å². The van der Waals surface area contributed by atoms with Gasteiger partial charge in [0.25, 0.3) is 0 Å². The van der Waals surface area contributed by atoms with Crippen LogP contribution < -0.4 is 16.4 Å². The molecule has 88 valence electrons. The molecule has 5 nitrogen and oxygen atoms in total. The zero-order valence-corrected chi connectivity index (χ0v) is 9.89. The summed E-state index contributed by atoms with van der Waals surface area (Å²) < 4.78 is 0. The molecule has 0 aromatic heterocycles. The van der Waals surface area contributed by atoms with Crippen molar-refractivity contribution < 1.29 is 9.59 Å². The Balaban J connectivity index is 3.65. The molecule has 0 rings (SSSR count). The minimum absolute atomic E-state index is 0.0174. The van der Waals surface area contributed by atoms with Crippen LogP contribution in [0.2, 0.25) is 0 Å².